The van der Waals surface area contributed by atoms with Crippen LogP contribution in [0.25, 0.3) is 0 Å². The topological polar surface area (TPSA) is 115 Å². The predicted octanol–water partition coefficient (Wildman–Crippen LogP) is 1.31. The molecule has 1 amide bonds. The minimum absolute atomic E-state index is 0.0363. The molecule has 7 nitrogen and oxygen atoms in total. The van der Waals surface area contributed by atoms with E-state index in [0.29, 0.717) is 28.2 Å². The molecule has 0 aliphatic rings. The number of sulfonamides is 1. The van der Waals surface area contributed by atoms with Gasteiger partial charge in [0.2, 0.25) is 10.0 Å². The Morgan fingerprint density at radius 1 is 1.43 bits per heavy atom. The molecule has 0 aliphatic heterocycles. The molecule has 2 rings (SSSR count). The number of primary sulfonamides is 1. The molecule has 0 spiro atoms. The van der Waals surface area contributed by atoms with Gasteiger partial charge in [-0.1, -0.05) is 11.4 Å². The van der Waals surface area contributed by atoms with Crippen LogP contribution in [0, 0.1) is 6.92 Å². The zero-order valence-corrected chi connectivity index (χ0v) is 13.1. The van der Waals surface area contributed by atoms with Crippen LogP contribution in [0.1, 0.15) is 27.9 Å². The van der Waals surface area contributed by atoms with Crippen molar-refractivity contribution in [2.75, 3.05) is 5.32 Å². The predicted molar refractivity (Wildman–Crippen MR) is 79.8 cm³/mol. The highest BCUT2D eigenvalue weighted by atomic mass is 32.2. The molecule has 3 N–H and O–H groups in total. The summed E-state index contributed by atoms with van der Waals surface area (Å²) in [6.07, 6.45) is 0.614. The van der Waals surface area contributed by atoms with Crippen molar-refractivity contribution in [2.45, 2.75) is 25.2 Å². The van der Waals surface area contributed by atoms with Crippen molar-refractivity contribution in [3.8, 4) is 0 Å². The molecule has 0 radical (unpaired) electrons. The van der Waals surface area contributed by atoms with E-state index in [2.05, 4.69) is 14.9 Å². The van der Waals surface area contributed by atoms with Crippen LogP contribution in [0.3, 0.4) is 0 Å². The number of benzene rings is 1. The molecule has 1 aromatic heterocycles. The fraction of sp³-hybridized carbons (Fsp3) is 0.250. The number of hydrogen-bond donors (Lipinski definition) is 2. The summed E-state index contributed by atoms with van der Waals surface area (Å²) in [6, 6.07) is 4.41. The summed E-state index contributed by atoms with van der Waals surface area (Å²) in [5.74, 6) is -0.315. The first-order chi connectivity index (χ1) is 9.82. The Labute approximate surface area is 126 Å². The van der Waals surface area contributed by atoms with E-state index < -0.39 is 10.0 Å². The Morgan fingerprint density at radius 3 is 2.71 bits per heavy atom. The number of nitrogens with two attached hydrogens (primary N) is 1. The molecular weight excluding hydrogens is 312 g/mol. The van der Waals surface area contributed by atoms with Gasteiger partial charge in [-0.25, -0.2) is 13.6 Å². The molecule has 9 heteroatoms. The first kappa shape index (κ1) is 15.5. The number of carbonyl (C=O) groups excluding carboxylic acids is 1. The van der Waals surface area contributed by atoms with Crippen molar-refractivity contribution in [1.82, 2.24) is 9.59 Å². The zero-order valence-electron chi connectivity index (χ0n) is 11.5. The van der Waals surface area contributed by atoms with Crippen LogP contribution in [0.5, 0.6) is 0 Å². The Bertz CT molecular complexity index is 784. The average Bonchev–Trinajstić information content (AvgIpc) is 2.85. The lowest BCUT2D eigenvalue weighted by Gasteiger charge is -2.08. The van der Waals surface area contributed by atoms with Crippen LogP contribution < -0.4 is 10.5 Å². The molecule has 0 saturated carbocycles. The molecule has 0 bridgehead atoms. The zero-order chi connectivity index (χ0) is 15.6. The van der Waals surface area contributed by atoms with Gasteiger partial charge in [-0.2, -0.15) is 0 Å². The smallest absolute Gasteiger partial charge is 0.269 e. The van der Waals surface area contributed by atoms with Gasteiger partial charge in [0.05, 0.1) is 10.6 Å². The van der Waals surface area contributed by atoms with E-state index in [1.54, 1.807) is 13.0 Å². The maximum absolute atomic E-state index is 12.1. The normalized spacial score (nSPS) is 11.4. The summed E-state index contributed by atoms with van der Waals surface area (Å²) in [6.45, 7) is 3.50. The number of anilines is 1. The molecule has 0 aliphatic carbocycles. The van der Waals surface area contributed by atoms with Crippen molar-refractivity contribution in [1.29, 1.82) is 0 Å². The minimum Gasteiger partial charge on any atom is -0.321 e. The first-order valence-corrected chi connectivity index (χ1v) is 8.41. The van der Waals surface area contributed by atoms with Crippen molar-refractivity contribution in [3.05, 3.63) is 34.3 Å². The third-order valence-corrected chi connectivity index (χ3v) is 4.67. The highest BCUT2D eigenvalue weighted by Gasteiger charge is 2.16. The lowest BCUT2D eigenvalue weighted by molar-refractivity contribution is 0.102. The summed E-state index contributed by atoms with van der Waals surface area (Å²) in [5.41, 5.74) is 1.59. The second kappa shape index (κ2) is 5.88. The van der Waals surface area contributed by atoms with E-state index in [9.17, 15) is 13.2 Å². The van der Waals surface area contributed by atoms with Crippen molar-refractivity contribution < 1.29 is 13.2 Å². The van der Waals surface area contributed by atoms with E-state index in [1.807, 2.05) is 6.92 Å². The number of nitrogens with zero attached hydrogens (tertiary/aromatic N) is 2. The van der Waals surface area contributed by atoms with Gasteiger partial charge < -0.3 is 5.32 Å². The standard InChI is InChI=1S/C12H14N4O3S2/c1-3-9-11(20-16-15-9)12(17)14-8-4-5-10(7(2)6-8)21(13,18)19/h4-6H,3H2,1-2H3,(H,14,17)(H2,13,18,19). The minimum atomic E-state index is -3.76. The fourth-order valence-corrected chi connectivity index (χ4v) is 3.26. The highest BCUT2D eigenvalue weighted by Crippen LogP contribution is 2.20. The lowest BCUT2D eigenvalue weighted by atomic mass is 10.2. The number of hydrogen-bond acceptors (Lipinski definition) is 6. The lowest BCUT2D eigenvalue weighted by Crippen LogP contribution is -2.15. The molecule has 0 fully saturated rings. The second-order valence-corrected chi connectivity index (χ2v) is 6.67. The van der Waals surface area contributed by atoms with E-state index in [1.165, 1.54) is 12.1 Å². The number of rotatable bonds is 4. The molecule has 1 heterocycles. The van der Waals surface area contributed by atoms with Crippen LogP contribution in [0.4, 0.5) is 5.69 Å². The number of aromatic nitrogens is 2. The number of carbonyl (C=O) groups is 1. The molecular formula is C12H14N4O3S2. The van der Waals surface area contributed by atoms with Crippen molar-refractivity contribution in [2.24, 2.45) is 5.14 Å². The average molecular weight is 326 g/mol. The Kier molecular flexibility index (Phi) is 4.35. The Balaban J connectivity index is 2.25. The maximum Gasteiger partial charge on any atom is 0.269 e. The third kappa shape index (κ3) is 3.43. The molecule has 21 heavy (non-hydrogen) atoms. The maximum atomic E-state index is 12.1. The molecule has 2 aromatic rings. The summed E-state index contributed by atoms with van der Waals surface area (Å²) in [5, 5.41) is 11.7. The van der Waals surface area contributed by atoms with Gasteiger partial charge in [0.25, 0.3) is 5.91 Å². The number of amides is 1. The summed E-state index contributed by atoms with van der Waals surface area (Å²) in [7, 11) is -3.76. The fourth-order valence-electron chi connectivity index (χ4n) is 1.85. The van der Waals surface area contributed by atoms with E-state index in [-0.39, 0.29) is 10.8 Å². The monoisotopic (exact) mass is 326 g/mol. The number of aryl methyl sites for hydroxylation is 2. The molecule has 0 unspecified atom stereocenters. The van der Waals surface area contributed by atoms with Crippen LogP contribution in [-0.2, 0) is 16.4 Å². The van der Waals surface area contributed by atoms with Gasteiger partial charge in [0.1, 0.15) is 4.88 Å². The van der Waals surface area contributed by atoms with Crippen LogP contribution in [-0.4, -0.2) is 23.9 Å². The van der Waals surface area contributed by atoms with Crippen LogP contribution in [0.15, 0.2) is 23.1 Å². The highest BCUT2D eigenvalue weighted by molar-refractivity contribution is 7.89. The second-order valence-electron chi connectivity index (χ2n) is 4.38. The van der Waals surface area contributed by atoms with Gasteiger partial charge >= 0.3 is 0 Å². The van der Waals surface area contributed by atoms with Crippen LogP contribution in [0.2, 0.25) is 0 Å². The Hall–Kier alpha value is -1.84. The van der Waals surface area contributed by atoms with Gasteiger partial charge in [-0.3, -0.25) is 4.79 Å². The SMILES string of the molecule is CCc1nnsc1C(=O)Nc1ccc(S(N)(=O)=O)c(C)c1. The molecule has 1 aromatic carbocycles. The summed E-state index contributed by atoms with van der Waals surface area (Å²) < 4.78 is 26.4. The van der Waals surface area contributed by atoms with Gasteiger partial charge in [0.15, 0.2) is 0 Å². The van der Waals surface area contributed by atoms with E-state index in [4.69, 9.17) is 5.14 Å². The quantitative estimate of drug-likeness (QED) is 0.879. The summed E-state index contributed by atoms with van der Waals surface area (Å²) >= 11 is 1.02. The van der Waals surface area contributed by atoms with Gasteiger partial charge in [0, 0.05) is 5.69 Å². The Morgan fingerprint density at radius 2 is 2.14 bits per heavy atom. The van der Waals surface area contributed by atoms with Gasteiger partial charge in [-0.15, -0.1) is 5.10 Å². The summed E-state index contributed by atoms with van der Waals surface area (Å²) in [4.78, 5) is 12.6. The third-order valence-electron chi connectivity index (χ3n) is 2.84. The van der Waals surface area contributed by atoms with Crippen molar-refractivity contribution in [3.63, 3.8) is 0 Å². The van der Waals surface area contributed by atoms with E-state index >= 15 is 0 Å². The largest absolute Gasteiger partial charge is 0.321 e. The van der Waals surface area contributed by atoms with Crippen LogP contribution >= 0.6 is 11.5 Å². The van der Waals surface area contributed by atoms with Crippen molar-refractivity contribution >= 4 is 33.2 Å². The molecule has 0 saturated heterocycles. The van der Waals surface area contributed by atoms with Gasteiger partial charge in [-0.05, 0) is 48.6 Å². The molecule has 0 atom stereocenters. The first-order valence-electron chi connectivity index (χ1n) is 6.09. The van der Waals surface area contributed by atoms with E-state index in [0.717, 1.165) is 11.5 Å². The number of nitrogens with one attached hydrogen (secondary N) is 1. The molecule has 112 valence electrons.